The predicted molar refractivity (Wildman–Crippen MR) is 152 cm³/mol. The zero-order valence-electron chi connectivity index (χ0n) is 20.5. The van der Waals surface area contributed by atoms with Crippen molar-refractivity contribution in [3.63, 3.8) is 0 Å². The minimum atomic E-state index is 0.181. The summed E-state index contributed by atoms with van der Waals surface area (Å²) in [6.07, 6.45) is 0. The van der Waals surface area contributed by atoms with E-state index in [-0.39, 0.29) is 5.41 Å². The van der Waals surface area contributed by atoms with Gasteiger partial charge in [-0.2, -0.15) is 17.0 Å². The van der Waals surface area contributed by atoms with Gasteiger partial charge in [0.15, 0.2) is 0 Å². The fraction of sp³-hybridized carbons (Fsp3) is 0.226. The fourth-order valence-corrected chi connectivity index (χ4v) is 5.86. The van der Waals surface area contributed by atoms with E-state index < -0.39 is 0 Å². The van der Waals surface area contributed by atoms with Gasteiger partial charge in [-0.1, -0.05) is 106 Å². The summed E-state index contributed by atoms with van der Waals surface area (Å²) in [5.41, 5.74) is 7.49. The molecule has 0 bridgehead atoms. The Morgan fingerprint density at radius 2 is 1.43 bits per heavy atom. The molecule has 2 nitrogen and oxygen atoms in total. The van der Waals surface area contributed by atoms with Gasteiger partial charge in [0.25, 0.3) is 0 Å². The Morgan fingerprint density at radius 3 is 2.03 bits per heavy atom. The Bertz CT molecular complexity index is 1290. The van der Waals surface area contributed by atoms with Crippen LogP contribution in [0, 0.1) is 11.3 Å². The van der Waals surface area contributed by atoms with Crippen LogP contribution in [0.1, 0.15) is 37.5 Å². The van der Waals surface area contributed by atoms with Crippen molar-refractivity contribution in [2.45, 2.75) is 37.0 Å². The average molecular weight is 495 g/mol. The molecule has 0 aliphatic heterocycles. The molecule has 0 N–H and O–H groups in total. The van der Waals surface area contributed by atoms with Gasteiger partial charge in [0.2, 0.25) is 0 Å². The van der Waals surface area contributed by atoms with E-state index in [1.54, 1.807) is 11.8 Å². The number of aromatic nitrogens is 1. The van der Waals surface area contributed by atoms with Crippen LogP contribution in [0.15, 0.2) is 96.0 Å². The Kier molecular flexibility index (Phi) is 8.33. The van der Waals surface area contributed by atoms with E-state index in [0.29, 0.717) is 5.56 Å². The van der Waals surface area contributed by atoms with Crippen molar-refractivity contribution in [2.24, 2.45) is 0 Å². The molecule has 0 fully saturated rings. The molecule has 1 aromatic heterocycles. The van der Waals surface area contributed by atoms with Crippen LogP contribution in [0.2, 0.25) is 0 Å². The van der Waals surface area contributed by atoms with Crippen molar-refractivity contribution in [1.29, 1.82) is 5.26 Å². The van der Waals surface area contributed by atoms with Crippen LogP contribution in [0.5, 0.6) is 0 Å². The molecule has 4 aromatic rings. The van der Waals surface area contributed by atoms with E-state index in [2.05, 4.69) is 75.4 Å². The quantitative estimate of drug-likeness (QED) is 0.181. The molecule has 0 spiro atoms. The number of benzene rings is 3. The van der Waals surface area contributed by atoms with Crippen LogP contribution >= 0.6 is 23.5 Å². The summed E-state index contributed by atoms with van der Waals surface area (Å²) < 4.78 is 0. The van der Waals surface area contributed by atoms with E-state index in [1.165, 1.54) is 11.1 Å². The summed E-state index contributed by atoms with van der Waals surface area (Å²) in [6.45, 7) is 6.73. The van der Waals surface area contributed by atoms with Crippen LogP contribution in [-0.2, 0) is 11.2 Å². The van der Waals surface area contributed by atoms with Gasteiger partial charge in [-0.15, -0.1) is 11.8 Å². The molecule has 0 aliphatic rings. The van der Waals surface area contributed by atoms with E-state index in [0.717, 1.165) is 44.7 Å². The number of pyridine rings is 1. The number of nitriles is 1. The lowest BCUT2D eigenvalue weighted by molar-refractivity contribution is 0.590. The smallest absolute Gasteiger partial charge is 0.115 e. The molecule has 4 heteroatoms. The molecular weight excluding hydrogens is 464 g/mol. The summed E-state index contributed by atoms with van der Waals surface area (Å²) in [5, 5.41) is 10.9. The first-order chi connectivity index (χ1) is 17.0. The highest BCUT2D eigenvalue weighted by Gasteiger charge is 2.16. The van der Waals surface area contributed by atoms with Crippen molar-refractivity contribution < 1.29 is 0 Å². The highest BCUT2D eigenvalue weighted by Crippen LogP contribution is 2.34. The molecule has 35 heavy (non-hydrogen) atoms. The van der Waals surface area contributed by atoms with E-state index in [1.807, 2.05) is 54.2 Å². The minimum Gasteiger partial charge on any atom is -0.240 e. The largest absolute Gasteiger partial charge is 0.240 e. The predicted octanol–water partition coefficient (Wildman–Crippen LogP) is 8.61. The van der Waals surface area contributed by atoms with Gasteiger partial charge in [0.05, 0.1) is 11.3 Å². The zero-order valence-corrected chi connectivity index (χ0v) is 22.1. The Labute approximate surface area is 217 Å². The molecule has 3 aromatic carbocycles. The molecule has 0 amide bonds. The monoisotopic (exact) mass is 494 g/mol. The Balaban J connectivity index is 1.48. The highest BCUT2D eigenvalue weighted by atomic mass is 32.2. The van der Waals surface area contributed by atoms with Crippen molar-refractivity contribution >= 4 is 23.5 Å². The summed E-state index contributed by atoms with van der Waals surface area (Å²) in [5.74, 6) is 2.89. The van der Waals surface area contributed by atoms with Gasteiger partial charge in [-0.05, 0) is 28.2 Å². The van der Waals surface area contributed by atoms with Crippen molar-refractivity contribution in [3.8, 4) is 28.5 Å². The second-order valence-electron chi connectivity index (χ2n) is 9.43. The first-order valence-corrected chi connectivity index (χ1v) is 14.0. The van der Waals surface area contributed by atoms with Crippen LogP contribution < -0.4 is 0 Å². The van der Waals surface area contributed by atoms with Crippen LogP contribution in [-0.4, -0.2) is 16.5 Å². The summed E-state index contributed by atoms with van der Waals surface area (Å²) in [7, 11) is 0. The minimum absolute atomic E-state index is 0.181. The van der Waals surface area contributed by atoms with E-state index in [4.69, 9.17) is 4.98 Å². The van der Waals surface area contributed by atoms with E-state index in [9.17, 15) is 5.26 Å². The lowest BCUT2D eigenvalue weighted by atomic mass is 9.87. The molecular formula is C31H30N2S2. The van der Waals surface area contributed by atoms with Gasteiger partial charge in [-0.25, -0.2) is 4.98 Å². The molecule has 4 rings (SSSR count). The molecule has 0 aliphatic carbocycles. The highest BCUT2D eigenvalue weighted by molar-refractivity contribution is 8.02. The van der Waals surface area contributed by atoms with Crippen LogP contribution in [0.3, 0.4) is 0 Å². The maximum Gasteiger partial charge on any atom is 0.115 e. The van der Waals surface area contributed by atoms with Gasteiger partial charge >= 0.3 is 0 Å². The summed E-state index contributed by atoms with van der Waals surface area (Å²) in [4.78, 5) is 4.92. The second kappa shape index (κ2) is 11.6. The third kappa shape index (κ3) is 6.57. The number of rotatable bonds is 8. The third-order valence-electron chi connectivity index (χ3n) is 5.81. The number of thioether (sulfide) groups is 2. The normalized spacial score (nSPS) is 11.3. The van der Waals surface area contributed by atoms with Gasteiger partial charge < -0.3 is 0 Å². The van der Waals surface area contributed by atoms with Crippen molar-refractivity contribution in [1.82, 2.24) is 4.98 Å². The number of hydrogen-bond donors (Lipinski definition) is 0. The maximum absolute atomic E-state index is 10.0. The summed E-state index contributed by atoms with van der Waals surface area (Å²) in [6, 6.07) is 33.8. The van der Waals surface area contributed by atoms with Crippen molar-refractivity contribution in [3.05, 3.63) is 108 Å². The molecule has 0 atom stereocenters. The first-order valence-electron chi connectivity index (χ1n) is 11.8. The third-order valence-corrected chi connectivity index (χ3v) is 8.07. The van der Waals surface area contributed by atoms with Crippen molar-refractivity contribution in [2.75, 3.05) is 11.5 Å². The van der Waals surface area contributed by atoms with Crippen LogP contribution in [0.4, 0.5) is 0 Å². The second-order valence-corrected chi connectivity index (χ2v) is 11.6. The Hall–Kier alpha value is -3.00. The fourth-order valence-electron chi connectivity index (χ4n) is 3.82. The lowest BCUT2D eigenvalue weighted by Gasteiger charge is -2.19. The SMILES string of the molecule is CC(C)(C)c1ccc(CSCCSc2nc(-c3ccccc3)cc(-c3ccccc3)c2C#N)cc1. The molecule has 0 saturated heterocycles. The van der Waals surface area contributed by atoms with E-state index >= 15 is 0 Å². The number of hydrogen-bond acceptors (Lipinski definition) is 4. The van der Waals surface area contributed by atoms with Gasteiger partial charge in [0.1, 0.15) is 11.1 Å². The first kappa shape index (κ1) is 25.1. The standard InChI is InChI=1S/C31H30N2S2/c1-31(2,3)26-16-14-23(15-17-26)22-34-18-19-35-30-28(21-32)27(24-10-6-4-7-11-24)20-29(33-30)25-12-8-5-9-13-25/h4-17,20H,18-19,22H2,1-3H3. The zero-order chi connectivity index (χ0) is 24.7. The molecule has 0 saturated carbocycles. The molecule has 1 heterocycles. The number of nitrogens with zero attached hydrogens (tertiary/aromatic N) is 2. The topological polar surface area (TPSA) is 36.7 Å². The van der Waals surface area contributed by atoms with Gasteiger partial charge in [0, 0.05) is 28.4 Å². The van der Waals surface area contributed by atoms with Crippen LogP contribution in [0.25, 0.3) is 22.4 Å². The maximum atomic E-state index is 10.0. The summed E-state index contributed by atoms with van der Waals surface area (Å²) >= 11 is 3.60. The molecule has 0 radical (unpaired) electrons. The van der Waals surface area contributed by atoms with Gasteiger partial charge in [-0.3, -0.25) is 0 Å². The average Bonchev–Trinajstić information content (AvgIpc) is 2.89. The molecule has 176 valence electrons. The Morgan fingerprint density at radius 1 is 0.800 bits per heavy atom. The molecule has 0 unspecified atom stereocenters. The lowest BCUT2D eigenvalue weighted by Crippen LogP contribution is -2.10.